The first-order valence-corrected chi connectivity index (χ1v) is 6.26. The van der Waals surface area contributed by atoms with Crippen LogP contribution in [0.15, 0.2) is 18.2 Å². The number of aliphatic carboxylic acids is 1. The number of hydrogen-bond donors (Lipinski definition) is 1. The van der Waals surface area contributed by atoms with E-state index >= 15 is 0 Å². The number of nitro groups is 1. The molecule has 1 N–H and O–H groups in total. The van der Waals surface area contributed by atoms with Crippen LogP contribution in [0.4, 0.5) is 10.1 Å². The molecule has 7 nitrogen and oxygen atoms in total. The molecule has 112 valence electrons. The van der Waals surface area contributed by atoms with Gasteiger partial charge in [-0.2, -0.15) is 0 Å². The number of nitro benzene ring substituents is 1. The standard InChI is InChI=1S/C13H13FN2O5/c1-13(12(18)19)5-2-6-15(13)11(17)9-4-3-8(14)7-10(9)16(20)21/h3-4,7H,2,5-6H2,1H3,(H,18,19). The lowest BCUT2D eigenvalue weighted by Gasteiger charge is -2.31. The van der Waals surface area contributed by atoms with Gasteiger partial charge in [-0.3, -0.25) is 14.9 Å². The largest absolute Gasteiger partial charge is 0.480 e. The summed E-state index contributed by atoms with van der Waals surface area (Å²) in [6.07, 6.45) is 0.757. The predicted octanol–water partition coefficient (Wildman–Crippen LogP) is 1.81. The summed E-state index contributed by atoms with van der Waals surface area (Å²) in [5.74, 6) is -2.78. The molecular weight excluding hydrogens is 283 g/mol. The number of carbonyl (C=O) groups is 2. The third-order valence-electron chi connectivity index (χ3n) is 3.73. The number of likely N-dealkylation sites (tertiary alicyclic amines) is 1. The van der Waals surface area contributed by atoms with Gasteiger partial charge in [0.05, 0.1) is 11.0 Å². The Kier molecular flexibility index (Phi) is 3.63. The third-order valence-corrected chi connectivity index (χ3v) is 3.73. The maximum Gasteiger partial charge on any atom is 0.329 e. The van der Waals surface area contributed by atoms with Crippen LogP contribution in [0.3, 0.4) is 0 Å². The predicted molar refractivity (Wildman–Crippen MR) is 69.4 cm³/mol. The highest BCUT2D eigenvalue weighted by Crippen LogP contribution is 2.32. The molecule has 1 aromatic carbocycles. The molecule has 1 atom stereocenters. The summed E-state index contributed by atoms with van der Waals surface area (Å²) in [6, 6.07) is 2.60. The molecule has 1 saturated heterocycles. The van der Waals surface area contributed by atoms with Crippen LogP contribution >= 0.6 is 0 Å². The Balaban J connectivity index is 2.46. The van der Waals surface area contributed by atoms with E-state index in [1.54, 1.807) is 0 Å². The molecule has 1 amide bonds. The average molecular weight is 296 g/mol. The molecule has 1 fully saturated rings. The van der Waals surface area contributed by atoms with Crippen LogP contribution in [0.2, 0.25) is 0 Å². The van der Waals surface area contributed by atoms with E-state index in [9.17, 15) is 29.2 Å². The van der Waals surface area contributed by atoms with Gasteiger partial charge < -0.3 is 10.0 Å². The van der Waals surface area contributed by atoms with Crippen molar-refractivity contribution in [3.8, 4) is 0 Å². The van der Waals surface area contributed by atoms with Gasteiger partial charge in [-0.25, -0.2) is 9.18 Å². The Hall–Kier alpha value is -2.51. The van der Waals surface area contributed by atoms with Crippen molar-refractivity contribution in [3.63, 3.8) is 0 Å². The Morgan fingerprint density at radius 2 is 2.14 bits per heavy atom. The Labute approximate surface area is 119 Å². The van der Waals surface area contributed by atoms with Gasteiger partial charge in [0.2, 0.25) is 0 Å². The highest BCUT2D eigenvalue weighted by molar-refractivity contribution is 6.01. The van der Waals surface area contributed by atoms with Gasteiger partial charge >= 0.3 is 5.97 Å². The molecule has 0 aromatic heterocycles. The van der Waals surface area contributed by atoms with E-state index in [4.69, 9.17) is 0 Å². The fraction of sp³-hybridized carbons (Fsp3) is 0.385. The van der Waals surface area contributed by atoms with E-state index in [2.05, 4.69) is 0 Å². The third kappa shape index (κ3) is 2.44. The molecule has 0 saturated carbocycles. The highest BCUT2D eigenvalue weighted by atomic mass is 19.1. The average Bonchev–Trinajstić information content (AvgIpc) is 2.81. The van der Waals surface area contributed by atoms with Crippen LogP contribution in [0, 0.1) is 15.9 Å². The summed E-state index contributed by atoms with van der Waals surface area (Å²) < 4.78 is 13.1. The van der Waals surface area contributed by atoms with Gasteiger partial charge in [0.1, 0.15) is 16.9 Å². The number of amides is 1. The fourth-order valence-electron chi connectivity index (χ4n) is 2.49. The maximum absolute atomic E-state index is 13.1. The van der Waals surface area contributed by atoms with E-state index in [1.165, 1.54) is 6.92 Å². The first kappa shape index (κ1) is 14.9. The molecule has 2 rings (SSSR count). The summed E-state index contributed by atoms with van der Waals surface area (Å²) in [4.78, 5) is 35.0. The van der Waals surface area contributed by atoms with Crippen molar-refractivity contribution in [2.45, 2.75) is 25.3 Å². The molecule has 8 heteroatoms. The molecule has 1 aliphatic heterocycles. The molecule has 21 heavy (non-hydrogen) atoms. The lowest BCUT2D eigenvalue weighted by atomic mass is 9.98. The van der Waals surface area contributed by atoms with Gasteiger partial charge in [0.25, 0.3) is 11.6 Å². The normalized spacial score (nSPS) is 21.3. The van der Waals surface area contributed by atoms with Crippen LogP contribution in [0.25, 0.3) is 0 Å². The monoisotopic (exact) mass is 296 g/mol. The number of nitrogens with zero attached hydrogens (tertiary/aromatic N) is 2. The number of hydrogen-bond acceptors (Lipinski definition) is 4. The summed E-state index contributed by atoms with van der Waals surface area (Å²) in [7, 11) is 0. The number of carboxylic acids is 1. The van der Waals surface area contributed by atoms with E-state index in [0.29, 0.717) is 12.5 Å². The number of rotatable bonds is 3. The molecule has 1 aromatic rings. The molecule has 1 aliphatic rings. The second kappa shape index (κ2) is 5.12. The number of carboxylic acid groups (broad SMARTS) is 1. The van der Waals surface area contributed by atoms with Gasteiger partial charge in [0.15, 0.2) is 0 Å². The van der Waals surface area contributed by atoms with E-state index in [0.717, 1.165) is 17.0 Å². The summed E-state index contributed by atoms with van der Waals surface area (Å²) in [6.45, 7) is 1.59. The second-order valence-corrected chi connectivity index (χ2v) is 5.06. The molecular formula is C13H13FN2O5. The van der Waals surface area contributed by atoms with E-state index in [-0.39, 0.29) is 18.5 Å². The summed E-state index contributed by atoms with van der Waals surface area (Å²) in [5, 5.41) is 20.2. The van der Waals surface area contributed by atoms with Crippen molar-refractivity contribution in [2.75, 3.05) is 6.54 Å². The van der Waals surface area contributed by atoms with Gasteiger partial charge in [-0.1, -0.05) is 0 Å². The lowest BCUT2D eigenvalue weighted by molar-refractivity contribution is -0.385. The minimum Gasteiger partial charge on any atom is -0.480 e. The van der Waals surface area contributed by atoms with E-state index < -0.39 is 33.8 Å². The fourth-order valence-corrected chi connectivity index (χ4v) is 2.49. The van der Waals surface area contributed by atoms with Crippen LogP contribution in [-0.4, -0.2) is 38.9 Å². The molecule has 0 spiro atoms. The van der Waals surface area contributed by atoms with Crippen LogP contribution in [0.5, 0.6) is 0 Å². The molecule has 1 unspecified atom stereocenters. The maximum atomic E-state index is 13.1. The van der Waals surface area contributed by atoms with Crippen molar-refractivity contribution < 1.29 is 24.0 Å². The van der Waals surface area contributed by atoms with Crippen molar-refractivity contribution in [3.05, 3.63) is 39.7 Å². The topological polar surface area (TPSA) is 101 Å². The summed E-state index contributed by atoms with van der Waals surface area (Å²) in [5.41, 5.74) is -2.38. The smallest absolute Gasteiger partial charge is 0.329 e. The minimum atomic E-state index is -1.40. The van der Waals surface area contributed by atoms with Crippen LogP contribution in [-0.2, 0) is 4.79 Å². The highest BCUT2D eigenvalue weighted by Gasteiger charge is 2.47. The number of benzene rings is 1. The summed E-state index contributed by atoms with van der Waals surface area (Å²) >= 11 is 0. The Bertz CT molecular complexity index is 633. The number of carbonyl (C=O) groups excluding carboxylic acids is 1. The zero-order valence-corrected chi connectivity index (χ0v) is 11.2. The second-order valence-electron chi connectivity index (χ2n) is 5.06. The number of halogens is 1. The van der Waals surface area contributed by atoms with Gasteiger partial charge in [-0.15, -0.1) is 0 Å². The van der Waals surface area contributed by atoms with Crippen LogP contribution < -0.4 is 0 Å². The zero-order chi connectivity index (χ0) is 15.8. The molecule has 0 aliphatic carbocycles. The molecule has 0 radical (unpaired) electrons. The van der Waals surface area contributed by atoms with Gasteiger partial charge in [-0.05, 0) is 31.9 Å². The first-order valence-electron chi connectivity index (χ1n) is 6.26. The van der Waals surface area contributed by atoms with Crippen molar-refractivity contribution in [2.24, 2.45) is 0 Å². The van der Waals surface area contributed by atoms with Crippen molar-refractivity contribution >= 4 is 17.6 Å². The Morgan fingerprint density at radius 1 is 1.48 bits per heavy atom. The SMILES string of the molecule is CC1(C(=O)O)CCCN1C(=O)c1ccc(F)cc1[N+](=O)[O-]. The van der Waals surface area contributed by atoms with Crippen molar-refractivity contribution in [1.29, 1.82) is 0 Å². The van der Waals surface area contributed by atoms with E-state index in [1.807, 2.05) is 0 Å². The quantitative estimate of drug-likeness (QED) is 0.677. The Morgan fingerprint density at radius 3 is 2.71 bits per heavy atom. The van der Waals surface area contributed by atoms with Crippen molar-refractivity contribution in [1.82, 2.24) is 4.90 Å². The molecule has 0 bridgehead atoms. The molecule has 1 heterocycles. The van der Waals surface area contributed by atoms with Crippen LogP contribution in [0.1, 0.15) is 30.1 Å². The zero-order valence-electron chi connectivity index (χ0n) is 11.2. The van der Waals surface area contributed by atoms with Gasteiger partial charge in [0, 0.05) is 6.54 Å². The first-order chi connectivity index (χ1) is 9.77. The lowest BCUT2D eigenvalue weighted by Crippen LogP contribution is -2.50. The minimum absolute atomic E-state index is 0.191.